The van der Waals surface area contributed by atoms with Crippen LogP contribution in [0, 0.1) is 0 Å². The molecule has 0 aromatic carbocycles. The Balaban J connectivity index is 1.99. The Morgan fingerprint density at radius 2 is 2.50 bits per heavy atom. The predicted molar refractivity (Wildman–Crippen MR) is 64.1 cm³/mol. The molecule has 0 radical (unpaired) electrons. The number of carbonyl (C=O) groups excluding carboxylic acids is 1. The minimum absolute atomic E-state index is 0.319. The second-order valence-corrected chi connectivity index (χ2v) is 6.44. The molecule has 2 unspecified atom stereocenters. The second-order valence-electron chi connectivity index (χ2n) is 4.06. The fraction of sp³-hybridized carbons (Fsp3) is 0.667. The van der Waals surface area contributed by atoms with Gasteiger partial charge < -0.3 is 11.5 Å². The van der Waals surface area contributed by atoms with Gasteiger partial charge in [0.1, 0.15) is 5.51 Å². The highest BCUT2D eigenvalue weighted by molar-refractivity contribution is 8.01. The van der Waals surface area contributed by atoms with Crippen LogP contribution in [0.15, 0.2) is 9.85 Å². The number of amides is 1. The molecule has 0 aliphatic heterocycles. The quantitative estimate of drug-likeness (QED) is 0.834. The van der Waals surface area contributed by atoms with Crippen LogP contribution in [0.2, 0.25) is 0 Å². The summed E-state index contributed by atoms with van der Waals surface area (Å²) in [4.78, 5) is 11.3. The molecular weight excluding hydrogens is 244 g/mol. The van der Waals surface area contributed by atoms with E-state index in [2.05, 4.69) is 10.2 Å². The van der Waals surface area contributed by atoms with E-state index in [9.17, 15) is 4.79 Å². The molecule has 88 valence electrons. The summed E-state index contributed by atoms with van der Waals surface area (Å²) < 4.78 is 0.929. The van der Waals surface area contributed by atoms with Crippen LogP contribution in [-0.2, 0) is 4.79 Å². The molecule has 4 N–H and O–H groups in total. The first-order chi connectivity index (χ1) is 7.60. The highest BCUT2D eigenvalue weighted by Crippen LogP contribution is 2.37. The Labute approximate surface area is 102 Å². The van der Waals surface area contributed by atoms with E-state index in [1.807, 2.05) is 0 Å². The summed E-state index contributed by atoms with van der Waals surface area (Å²) in [6.45, 7) is 0. The van der Waals surface area contributed by atoms with Crippen LogP contribution < -0.4 is 11.5 Å². The average molecular weight is 258 g/mol. The van der Waals surface area contributed by atoms with Gasteiger partial charge in [-0.05, 0) is 25.7 Å². The fourth-order valence-corrected chi connectivity index (χ4v) is 4.02. The Bertz CT molecular complexity index is 370. The molecule has 1 heterocycles. The summed E-state index contributed by atoms with van der Waals surface area (Å²) in [5.41, 5.74) is 12.2. The van der Waals surface area contributed by atoms with E-state index in [1.165, 1.54) is 11.3 Å². The maximum absolute atomic E-state index is 11.3. The Morgan fingerprint density at radius 3 is 3.12 bits per heavy atom. The first-order valence-corrected chi connectivity index (χ1v) is 6.88. The number of carbonyl (C=O) groups is 1. The van der Waals surface area contributed by atoms with Gasteiger partial charge in [-0.25, -0.2) is 0 Å². The Hall–Kier alpha value is -0.660. The van der Waals surface area contributed by atoms with Gasteiger partial charge in [0.05, 0.1) is 5.54 Å². The summed E-state index contributed by atoms with van der Waals surface area (Å²) >= 11 is 3.16. The van der Waals surface area contributed by atoms with Crippen LogP contribution in [0.3, 0.4) is 0 Å². The lowest BCUT2D eigenvalue weighted by Gasteiger charge is -2.34. The molecule has 1 aromatic heterocycles. The molecule has 2 atom stereocenters. The van der Waals surface area contributed by atoms with Gasteiger partial charge in [0.25, 0.3) is 0 Å². The van der Waals surface area contributed by atoms with E-state index in [0.717, 1.165) is 17.2 Å². The van der Waals surface area contributed by atoms with Gasteiger partial charge in [0.2, 0.25) is 5.91 Å². The number of rotatable bonds is 3. The number of thioether (sulfide) groups is 1. The maximum atomic E-state index is 11.3. The molecule has 1 aliphatic carbocycles. The van der Waals surface area contributed by atoms with Crippen LogP contribution in [0.5, 0.6) is 0 Å². The lowest BCUT2D eigenvalue weighted by atomic mass is 9.82. The van der Waals surface area contributed by atoms with E-state index in [4.69, 9.17) is 11.5 Å². The number of hydrogen-bond donors (Lipinski definition) is 2. The van der Waals surface area contributed by atoms with Gasteiger partial charge in [-0.3, -0.25) is 4.79 Å². The van der Waals surface area contributed by atoms with Gasteiger partial charge in [0.15, 0.2) is 4.34 Å². The molecular formula is C9H14N4OS2. The van der Waals surface area contributed by atoms with Crippen molar-refractivity contribution < 1.29 is 4.79 Å². The van der Waals surface area contributed by atoms with Gasteiger partial charge in [-0.15, -0.1) is 10.2 Å². The highest BCUT2D eigenvalue weighted by atomic mass is 32.2. The van der Waals surface area contributed by atoms with Gasteiger partial charge >= 0.3 is 0 Å². The molecule has 16 heavy (non-hydrogen) atoms. The smallest absolute Gasteiger partial charge is 0.237 e. The summed E-state index contributed by atoms with van der Waals surface area (Å²) in [6.07, 6.45) is 3.31. The lowest BCUT2D eigenvalue weighted by molar-refractivity contribution is -0.124. The van der Waals surface area contributed by atoms with Crippen molar-refractivity contribution in [3.63, 3.8) is 0 Å². The molecule has 1 aliphatic rings. The zero-order valence-corrected chi connectivity index (χ0v) is 10.4. The van der Waals surface area contributed by atoms with Crippen molar-refractivity contribution in [2.75, 3.05) is 0 Å². The summed E-state index contributed by atoms with van der Waals surface area (Å²) in [5.74, 6) is -0.393. The van der Waals surface area contributed by atoms with E-state index < -0.39 is 11.4 Å². The number of primary amides is 1. The minimum atomic E-state index is -0.833. The zero-order valence-electron chi connectivity index (χ0n) is 8.76. The monoisotopic (exact) mass is 258 g/mol. The fourth-order valence-electron chi connectivity index (χ4n) is 1.94. The predicted octanol–water partition coefficient (Wildman–Crippen LogP) is 0.756. The minimum Gasteiger partial charge on any atom is -0.368 e. The first kappa shape index (κ1) is 11.8. The number of aromatic nitrogens is 2. The molecule has 1 fully saturated rings. The molecule has 1 amide bonds. The van der Waals surface area contributed by atoms with E-state index in [-0.39, 0.29) is 0 Å². The van der Waals surface area contributed by atoms with Gasteiger partial charge in [-0.1, -0.05) is 23.1 Å². The van der Waals surface area contributed by atoms with Crippen LogP contribution >= 0.6 is 23.1 Å². The number of nitrogens with two attached hydrogens (primary N) is 2. The van der Waals surface area contributed by atoms with Gasteiger partial charge in [0, 0.05) is 5.25 Å². The van der Waals surface area contributed by atoms with Crippen LogP contribution in [0.4, 0.5) is 0 Å². The second kappa shape index (κ2) is 4.68. The van der Waals surface area contributed by atoms with Crippen molar-refractivity contribution in [1.82, 2.24) is 10.2 Å². The topological polar surface area (TPSA) is 94.9 Å². The van der Waals surface area contributed by atoms with E-state index >= 15 is 0 Å². The standard InChI is InChI=1S/C9H14N4OS2/c10-7(14)9(11)3-1-2-6(4-9)16-8-13-12-5-15-8/h5-6H,1-4,11H2,(H2,10,14). The van der Waals surface area contributed by atoms with Gasteiger partial charge in [-0.2, -0.15) is 0 Å². The molecule has 0 spiro atoms. The van der Waals surface area contributed by atoms with Crippen LogP contribution in [0.25, 0.3) is 0 Å². The third-order valence-electron chi connectivity index (χ3n) is 2.84. The molecule has 5 nitrogen and oxygen atoms in total. The third-order valence-corrected chi connectivity index (χ3v) is 4.92. The molecule has 1 aromatic rings. The molecule has 0 bridgehead atoms. The summed E-state index contributed by atoms with van der Waals surface area (Å²) in [5, 5.41) is 8.08. The average Bonchev–Trinajstić information content (AvgIpc) is 2.70. The Kier molecular flexibility index (Phi) is 3.46. The molecule has 0 saturated heterocycles. The Morgan fingerprint density at radius 1 is 1.69 bits per heavy atom. The molecule has 7 heteroatoms. The number of nitrogens with zero attached hydrogens (tertiary/aromatic N) is 2. The summed E-state index contributed by atoms with van der Waals surface area (Å²) in [7, 11) is 0. The first-order valence-electron chi connectivity index (χ1n) is 5.12. The van der Waals surface area contributed by atoms with Crippen LogP contribution in [-0.4, -0.2) is 26.9 Å². The molecule has 2 rings (SSSR count). The van der Waals surface area contributed by atoms with Crippen molar-refractivity contribution in [2.24, 2.45) is 11.5 Å². The highest BCUT2D eigenvalue weighted by Gasteiger charge is 2.38. The number of hydrogen-bond acceptors (Lipinski definition) is 6. The van der Waals surface area contributed by atoms with Crippen LogP contribution in [0.1, 0.15) is 25.7 Å². The SMILES string of the molecule is NC(=O)C1(N)CCCC(Sc2nncs2)C1. The van der Waals surface area contributed by atoms with Crippen molar-refractivity contribution in [3.8, 4) is 0 Å². The normalized spacial score (nSPS) is 30.2. The molecule has 1 saturated carbocycles. The maximum Gasteiger partial charge on any atom is 0.237 e. The van der Waals surface area contributed by atoms with Crippen molar-refractivity contribution in [1.29, 1.82) is 0 Å². The lowest BCUT2D eigenvalue weighted by Crippen LogP contribution is -2.55. The summed E-state index contributed by atoms with van der Waals surface area (Å²) in [6, 6.07) is 0. The van der Waals surface area contributed by atoms with Crippen molar-refractivity contribution >= 4 is 29.0 Å². The zero-order chi connectivity index (χ0) is 11.6. The van der Waals surface area contributed by atoms with Crippen molar-refractivity contribution in [2.45, 2.75) is 40.8 Å². The largest absolute Gasteiger partial charge is 0.368 e. The van der Waals surface area contributed by atoms with Crippen molar-refractivity contribution in [3.05, 3.63) is 5.51 Å². The van der Waals surface area contributed by atoms with E-state index in [0.29, 0.717) is 18.1 Å². The van der Waals surface area contributed by atoms with E-state index in [1.54, 1.807) is 17.3 Å². The third kappa shape index (κ3) is 2.53.